The molecule has 0 aliphatic carbocycles. The maximum absolute atomic E-state index is 11.8. The van der Waals surface area contributed by atoms with Crippen molar-refractivity contribution in [2.24, 2.45) is 0 Å². The molecule has 0 saturated heterocycles. The van der Waals surface area contributed by atoms with Crippen molar-refractivity contribution in [3.05, 3.63) is 0 Å². The van der Waals surface area contributed by atoms with Crippen LogP contribution in [0, 0.1) is 0 Å². The van der Waals surface area contributed by atoms with E-state index >= 15 is 0 Å². The molecule has 0 aromatic heterocycles. The van der Waals surface area contributed by atoms with Crippen LogP contribution in [0.3, 0.4) is 0 Å². The molecule has 0 saturated carbocycles. The molecule has 0 spiro atoms. The number of hydrogen-bond donors (Lipinski definition) is 3. The Morgan fingerprint density at radius 1 is 1.18 bits per heavy atom. The van der Waals surface area contributed by atoms with Crippen LogP contribution in [0.2, 0.25) is 0 Å². The maximum Gasteiger partial charge on any atom is 0.217 e. The van der Waals surface area contributed by atoms with Gasteiger partial charge in [-0.2, -0.15) is 0 Å². The van der Waals surface area contributed by atoms with E-state index in [1.807, 2.05) is 0 Å². The molecule has 0 aliphatic rings. The van der Waals surface area contributed by atoms with Crippen LogP contribution in [0.1, 0.15) is 6.92 Å². The summed E-state index contributed by atoms with van der Waals surface area (Å²) in [5.74, 6) is 2.09. The van der Waals surface area contributed by atoms with Gasteiger partial charge < -0.3 is 16.8 Å². The van der Waals surface area contributed by atoms with E-state index in [1.165, 1.54) is 18.7 Å². The predicted molar refractivity (Wildman–Crippen MR) is 75.5 cm³/mol. The Bertz CT molecular complexity index is 242. The number of thioether (sulfide) groups is 1. The first-order valence-electron chi connectivity index (χ1n) is 5.38. The lowest BCUT2D eigenvalue weighted by atomic mass is 10.4. The van der Waals surface area contributed by atoms with Gasteiger partial charge in [-0.1, -0.05) is 33.3 Å². The smallest absolute Gasteiger partial charge is 0.217 e. The zero-order chi connectivity index (χ0) is 13.1. The number of nitrogens with one attached hydrogen (secondary N) is 1. The molecule has 8 heteroatoms. The van der Waals surface area contributed by atoms with Crippen molar-refractivity contribution >= 4 is 44.4 Å². The van der Waals surface area contributed by atoms with Crippen molar-refractivity contribution in [2.75, 3.05) is 30.3 Å². The van der Waals surface area contributed by atoms with Crippen LogP contribution < -0.4 is 16.8 Å². The van der Waals surface area contributed by atoms with Crippen molar-refractivity contribution in [1.82, 2.24) is 5.32 Å². The topological polar surface area (TPSA) is 101 Å². The van der Waals surface area contributed by atoms with Gasteiger partial charge in [-0.05, 0) is 0 Å². The van der Waals surface area contributed by atoms with E-state index in [0.29, 0.717) is 18.1 Å². The zero-order valence-electron chi connectivity index (χ0n) is 10.1. The van der Waals surface area contributed by atoms with Gasteiger partial charge in [-0.25, -0.2) is 0 Å². The Balaban J connectivity index is 4.03. The van der Waals surface area contributed by atoms with E-state index in [-0.39, 0.29) is 11.0 Å². The molecular weight excluding hydrogens is 278 g/mol. The summed E-state index contributed by atoms with van der Waals surface area (Å²) >= 11 is 1.24. The van der Waals surface area contributed by atoms with Gasteiger partial charge in [0.25, 0.3) is 0 Å². The van der Waals surface area contributed by atoms with Crippen LogP contribution in [-0.2, 0) is 9.59 Å². The molecule has 0 bridgehead atoms. The summed E-state index contributed by atoms with van der Waals surface area (Å²) in [6, 6.07) is -0.397. The van der Waals surface area contributed by atoms with Gasteiger partial charge >= 0.3 is 0 Å². The van der Waals surface area contributed by atoms with Gasteiger partial charge in [-0.15, -0.1) is 0 Å². The van der Waals surface area contributed by atoms with E-state index in [2.05, 4.69) is 16.8 Å². The lowest BCUT2D eigenvalue weighted by Crippen LogP contribution is -2.52. The Labute approximate surface area is 114 Å². The van der Waals surface area contributed by atoms with Gasteiger partial charge in [0.2, 0.25) is 11.0 Å². The van der Waals surface area contributed by atoms with Crippen molar-refractivity contribution < 1.29 is 21.1 Å². The highest BCUT2D eigenvalue weighted by Crippen LogP contribution is 2.22. The van der Waals surface area contributed by atoms with Gasteiger partial charge in [0.1, 0.15) is 6.04 Å². The number of rotatable bonds is 9. The maximum atomic E-state index is 11.8. The molecule has 0 aromatic rings. The molecule has 0 heterocycles. The summed E-state index contributed by atoms with van der Waals surface area (Å²) in [5.41, 5.74) is 7.43. The molecule has 17 heavy (non-hydrogen) atoms. The number of amides is 1. The van der Waals surface area contributed by atoms with Crippen LogP contribution in [0.25, 0.3) is 0 Å². The van der Waals surface area contributed by atoms with E-state index in [0.717, 1.165) is 12.3 Å². The van der Waals surface area contributed by atoms with Crippen LogP contribution in [0.5, 0.6) is 0 Å². The van der Waals surface area contributed by atoms with Gasteiger partial charge in [0.05, 0.1) is 24.6 Å². The minimum atomic E-state index is -0.397. The van der Waals surface area contributed by atoms with Crippen molar-refractivity contribution in [1.29, 1.82) is 0 Å². The van der Waals surface area contributed by atoms with Crippen LogP contribution in [0.15, 0.2) is 0 Å². The molecule has 1 amide bonds. The number of hydrogen-bond acceptors (Lipinski definition) is 5. The molecule has 0 unspecified atom stereocenters. The zero-order valence-corrected chi connectivity index (χ0v) is 12.5. The second kappa shape index (κ2) is 11.2. The van der Waals surface area contributed by atoms with Gasteiger partial charge in [0.15, 0.2) is 0 Å². The molecular formula is C9H21N3O2S3+2. The highest BCUT2D eigenvalue weighted by atomic mass is 33.1. The Kier molecular flexibility index (Phi) is 11.3. The molecule has 5 nitrogen and oxygen atoms in total. The monoisotopic (exact) mass is 299 g/mol. The largest absolute Gasteiger partial charge is 0.357 e. The highest BCUT2D eigenvalue weighted by Gasteiger charge is 2.19. The van der Waals surface area contributed by atoms with Crippen LogP contribution in [-0.4, -0.2) is 47.4 Å². The second-order valence-electron chi connectivity index (χ2n) is 3.23. The third kappa shape index (κ3) is 9.78. The normalized spacial score (nSPS) is 12.2. The van der Waals surface area contributed by atoms with Crippen LogP contribution in [0.4, 0.5) is 0 Å². The van der Waals surface area contributed by atoms with E-state index in [4.69, 9.17) is 0 Å². The lowest BCUT2D eigenvalue weighted by Gasteiger charge is -2.14. The minimum absolute atomic E-state index is 0.0200. The first-order chi connectivity index (χ1) is 8.11. The molecule has 0 fully saturated rings. The first kappa shape index (κ1) is 17.1. The fourth-order valence-corrected chi connectivity index (χ4v) is 3.82. The second-order valence-corrected chi connectivity index (χ2v) is 6.96. The van der Waals surface area contributed by atoms with Crippen molar-refractivity contribution in [3.63, 3.8) is 0 Å². The molecule has 0 rings (SSSR count). The fourth-order valence-electron chi connectivity index (χ4n) is 0.921. The quantitative estimate of drug-likeness (QED) is 0.360. The van der Waals surface area contributed by atoms with Gasteiger partial charge in [0, 0.05) is 12.7 Å². The van der Waals surface area contributed by atoms with E-state index < -0.39 is 6.04 Å². The molecule has 1 atom stereocenters. The van der Waals surface area contributed by atoms with Crippen LogP contribution >= 0.6 is 33.3 Å². The number of carbonyl (C=O) groups excluding carboxylic acids is 2. The van der Waals surface area contributed by atoms with Crippen molar-refractivity contribution in [2.45, 2.75) is 13.0 Å². The number of quaternary nitrogens is 2. The third-order valence-corrected chi connectivity index (χ3v) is 5.16. The molecule has 0 aliphatic heterocycles. The molecule has 7 N–H and O–H groups in total. The third-order valence-electron chi connectivity index (χ3n) is 1.60. The first-order valence-corrected chi connectivity index (χ1v) is 8.85. The molecule has 0 aromatic carbocycles. The number of carbonyl (C=O) groups is 2. The lowest BCUT2D eigenvalue weighted by molar-refractivity contribution is -0.360. The van der Waals surface area contributed by atoms with E-state index in [9.17, 15) is 9.59 Å². The van der Waals surface area contributed by atoms with Crippen molar-refractivity contribution in [3.8, 4) is 0 Å². The standard InChI is InChI=1S/C9H19N3O2S3/c1-7(13)12-8(6-17-16-5-3-11)9(14)15-4-2-10/h8H,2-6,10-11H2,1H3,(H,12,13)/p+2/t8-/m0/s1. The highest BCUT2D eigenvalue weighted by molar-refractivity contribution is 8.76. The summed E-state index contributed by atoms with van der Waals surface area (Å²) in [5, 5.41) is 2.71. The summed E-state index contributed by atoms with van der Waals surface area (Å²) < 4.78 is 0. The SMILES string of the molecule is CC(=O)N[C@@H](CSSCC[NH3+])C(=O)SCC[NH3+]. The average Bonchev–Trinajstić information content (AvgIpc) is 2.29. The molecule has 100 valence electrons. The Morgan fingerprint density at radius 3 is 2.35 bits per heavy atom. The Hall–Kier alpha value is 0.110. The van der Waals surface area contributed by atoms with Gasteiger partial charge in [-0.3, -0.25) is 9.59 Å². The predicted octanol–water partition coefficient (Wildman–Crippen LogP) is -1.38. The summed E-state index contributed by atoms with van der Waals surface area (Å²) in [7, 11) is 3.28. The Morgan fingerprint density at radius 2 is 1.82 bits per heavy atom. The summed E-state index contributed by atoms with van der Waals surface area (Å²) in [6.07, 6.45) is 0. The summed E-state index contributed by atoms with van der Waals surface area (Å²) in [4.78, 5) is 22.8. The minimum Gasteiger partial charge on any atom is -0.357 e. The van der Waals surface area contributed by atoms with E-state index in [1.54, 1.807) is 21.6 Å². The summed E-state index contributed by atoms with van der Waals surface area (Å²) in [6.45, 7) is 3.01. The molecule has 0 radical (unpaired) electrons. The average molecular weight is 299 g/mol. The fraction of sp³-hybridized carbons (Fsp3) is 0.778.